The predicted octanol–water partition coefficient (Wildman–Crippen LogP) is 3.12. The molecule has 0 heterocycles. The van der Waals surface area contributed by atoms with E-state index in [2.05, 4.69) is 26.0 Å². The average molecular weight is 243 g/mol. The van der Waals surface area contributed by atoms with Gasteiger partial charge in [-0.3, -0.25) is 0 Å². The molecule has 1 rings (SSSR count). The fourth-order valence-corrected chi connectivity index (χ4v) is 2.41. The van der Waals surface area contributed by atoms with Crippen LogP contribution in [-0.2, 0) is 10.8 Å². The molecule has 0 atom stereocenters. The van der Waals surface area contributed by atoms with Crippen molar-refractivity contribution in [1.82, 2.24) is 0 Å². The molecule has 84 valence electrons. The van der Waals surface area contributed by atoms with Gasteiger partial charge in [0.15, 0.2) is 9.76 Å². The van der Waals surface area contributed by atoms with Crippen molar-refractivity contribution in [2.24, 2.45) is 0 Å². The molecule has 0 aromatic heterocycles. The van der Waals surface area contributed by atoms with E-state index in [-0.39, 0.29) is 9.76 Å². The molecule has 1 nitrogen and oxygen atoms in total. The highest BCUT2D eigenvalue weighted by atomic mass is 35.5. The Balaban J connectivity index is 2.33. The monoisotopic (exact) mass is 242 g/mol. The maximum Gasteiger partial charge on any atom is 0.161 e. The molecule has 0 bridgehead atoms. The smallest absolute Gasteiger partial charge is 0.161 e. The highest BCUT2D eigenvalue weighted by molar-refractivity contribution is 6.30. The number of halogens is 1. The van der Waals surface area contributed by atoms with Crippen LogP contribution in [0.15, 0.2) is 18.2 Å². The van der Waals surface area contributed by atoms with Crippen LogP contribution in [0.2, 0.25) is 11.1 Å². The fraction of sp³-hybridized carbons (Fsp3) is 0.500. The molecule has 3 heteroatoms. The third-order valence-electron chi connectivity index (χ3n) is 2.39. The normalized spacial score (nSPS) is 11.4. The summed E-state index contributed by atoms with van der Waals surface area (Å²) in [5, 5.41) is 0.833. The molecule has 15 heavy (non-hydrogen) atoms. The fourth-order valence-electron chi connectivity index (χ4n) is 1.52. The zero-order valence-corrected chi connectivity index (χ0v) is 11.7. The Hall–Kier alpha value is -0.313. The van der Waals surface area contributed by atoms with Crippen molar-refractivity contribution in [3.05, 3.63) is 34.3 Å². The van der Waals surface area contributed by atoms with Gasteiger partial charge in [0.2, 0.25) is 0 Å². The second kappa shape index (κ2) is 7.04. The standard InChI is InChI=1S/C12H19ClOSi/c1-3-15-14-8-4-5-11-9-12(13)7-6-10(11)2/h6-7,9H,3-5,8,15H2,1-2H3. The Labute approximate surface area is 99.7 Å². The van der Waals surface area contributed by atoms with E-state index in [4.69, 9.17) is 16.0 Å². The average Bonchev–Trinajstić information content (AvgIpc) is 2.23. The van der Waals surface area contributed by atoms with Crippen LogP contribution in [0, 0.1) is 6.92 Å². The van der Waals surface area contributed by atoms with Crippen molar-refractivity contribution in [2.75, 3.05) is 6.61 Å². The lowest BCUT2D eigenvalue weighted by molar-refractivity contribution is 0.328. The van der Waals surface area contributed by atoms with E-state index in [1.165, 1.54) is 17.2 Å². The van der Waals surface area contributed by atoms with Crippen LogP contribution in [-0.4, -0.2) is 16.4 Å². The molecular weight excluding hydrogens is 224 g/mol. The SMILES string of the molecule is CC[SiH2]OCCCc1cc(Cl)ccc1C. The summed E-state index contributed by atoms with van der Waals surface area (Å²) < 4.78 is 5.58. The van der Waals surface area contributed by atoms with Crippen LogP contribution in [0.5, 0.6) is 0 Å². The third-order valence-corrected chi connectivity index (χ3v) is 3.62. The number of aryl methyl sites for hydroxylation is 2. The maximum absolute atomic E-state index is 5.95. The van der Waals surface area contributed by atoms with Gasteiger partial charge in [-0.05, 0) is 49.1 Å². The first kappa shape index (κ1) is 12.8. The number of benzene rings is 1. The number of rotatable bonds is 6. The summed E-state index contributed by atoms with van der Waals surface area (Å²) >= 11 is 5.95. The van der Waals surface area contributed by atoms with E-state index in [0.717, 1.165) is 24.5 Å². The highest BCUT2D eigenvalue weighted by Crippen LogP contribution is 2.16. The highest BCUT2D eigenvalue weighted by Gasteiger charge is 1.99. The Morgan fingerprint density at radius 3 is 2.93 bits per heavy atom. The van der Waals surface area contributed by atoms with E-state index in [1.54, 1.807) is 0 Å². The lowest BCUT2D eigenvalue weighted by atomic mass is 10.0. The van der Waals surface area contributed by atoms with Crippen molar-refractivity contribution in [3.8, 4) is 0 Å². The Morgan fingerprint density at radius 1 is 1.40 bits per heavy atom. The van der Waals surface area contributed by atoms with Gasteiger partial charge in [0.25, 0.3) is 0 Å². The second-order valence-corrected chi connectivity index (χ2v) is 6.04. The first-order chi connectivity index (χ1) is 7.24. The van der Waals surface area contributed by atoms with Gasteiger partial charge in [0, 0.05) is 11.6 Å². The topological polar surface area (TPSA) is 9.23 Å². The van der Waals surface area contributed by atoms with Crippen molar-refractivity contribution in [1.29, 1.82) is 0 Å². The van der Waals surface area contributed by atoms with E-state index in [0.29, 0.717) is 0 Å². The van der Waals surface area contributed by atoms with Crippen molar-refractivity contribution in [3.63, 3.8) is 0 Å². The van der Waals surface area contributed by atoms with E-state index in [1.807, 2.05) is 6.07 Å². The van der Waals surface area contributed by atoms with E-state index >= 15 is 0 Å². The third kappa shape index (κ3) is 4.82. The molecule has 0 spiro atoms. The minimum absolute atomic E-state index is 0.222. The van der Waals surface area contributed by atoms with Crippen molar-refractivity contribution in [2.45, 2.75) is 32.7 Å². The molecule has 0 saturated heterocycles. The Kier molecular flexibility index (Phi) is 5.99. The molecular formula is C12H19ClOSi. The van der Waals surface area contributed by atoms with E-state index < -0.39 is 0 Å². The number of hydrogen-bond donors (Lipinski definition) is 0. The summed E-state index contributed by atoms with van der Waals surface area (Å²) in [6, 6.07) is 7.32. The first-order valence-corrected chi connectivity index (χ1v) is 7.52. The molecule has 0 aliphatic carbocycles. The summed E-state index contributed by atoms with van der Waals surface area (Å²) in [4.78, 5) is 0. The van der Waals surface area contributed by atoms with Crippen molar-refractivity contribution >= 4 is 21.4 Å². The minimum atomic E-state index is -0.222. The molecule has 0 fully saturated rings. The van der Waals surface area contributed by atoms with Gasteiger partial charge in [-0.25, -0.2) is 0 Å². The van der Waals surface area contributed by atoms with Crippen LogP contribution in [0.1, 0.15) is 24.5 Å². The van der Waals surface area contributed by atoms with Crippen LogP contribution in [0.4, 0.5) is 0 Å². The van der Waals surface area contributed by atoms with Crippen molar-refractivity contribution < 1.29 is 4.43 Å². The Morgan fingerprint density at radius 2 is 2.20 bits per heavy atom. The van der Waals surface area contributed by atoms with Gasteiger partial charge in [-0.1, -0.05) is 24.6 Å². The van der Waals surface area contributed by atoms with E-state index in [9.17, 15) is 0 Å². The summed E-state index contributed by atoms with van der Waals surface area (Å²) in [5.74, 6) is 0. The van der Waals surface area contributed by atoms with Gasteiger partial charge in [0.05, 0.1) is 0 Å². The van der Waals surface area contributed by atoms with Gasteiger partial charge in [-0.15, -0.1) is 0 Å². The largest absolute Gasteiger partial charge is 0.424 e. The molecule has 0 amide bonds. The summed E-state index contributed by atoms with van der Waals surface area (Å²) in [5.41, 5.74) is 2.68. The van der Waals surface area contributed by atoms with Crippen LogP contribution >= 0.6 is 11.6 Å². The molecule has 1 aromatic carbocycles. The first-order valence-electron chi connectivity index (χ1n) is 5.57. The van der Waals surface area contributed by atoms with Gasteiger partial charge in [-0.2, -0.15) is 0 Å². The van der Waals surface area contributed by atoms with Crippen LogP contribution in [0.25, 0.3) is 0 Å². The molecule has 0 aliphatic rings. The molecule has 0 saturated carbocycles. The zero-order valence-electron chi connectivity index (χ0n) is 9.55. The van der Waals surface area contributed by atoms with Gasteiger partial charge >= 0.3 is 0 Å². The van der Waals surface area contributed by atoms with Gasteiger partial charge < -0.3 is 4.43 Å². The molecule has 0 aliphatic heterocycles. The predicted molar refractivity (Wildman–Crippen MR) is 69.5 cm³/mol. The van der Waals surface area contributed by atoms with Crippen LogP contribution < -0.4 is 0 Å². The minimum Gasteiger partial charge on any atom is -0.424 e. The Bertz CT molecular complexity index is 302. The maximum atomic E-state index is 5.95. The van der Waals surface area contributed by atoms with Crippen LogP contribution in [0.3, 0.4) is 0 Å². The summed E-state index contributed by atoms with van der Waals surface area (Å²) in [6.07, 6.45) is 2.18. The second-order valence-electron chi connectivity index (χ2n) is 3.79. The zero-order chi connectivity index (χ0) is 11.1. The molecule has 0 N–H and O–H groups in total. The lowest BCUT2D eigenvalue weighted by Crippen LogP contribution is -2.01. The lowest BCUT2D eigenvalue weighted by Gasteiger charge is -2.06. The molecule has 1 aromatic rings. The molecule has 0 unspecified atom stereocenters. The summed E-state index contributed by atoms with van der Waals surface area (Å²) in [6.45, 7) is 5.23. The quantitative estimate of drug-likeness (QED) is 0.550. The summed E-state index contributed by atoms with van der Waals surface area (Å²) in [7, 11) is -0.222. The van der Waals surface area contributed by atoms with Gasteiger partial charge in [0.1, 0.15) is 0 Å². The number of hydrogen-bond acceptors (Lipinski definition) is 1. The molecule has 0 radical (unpaired) electrons.